The Balaban J connectivity index is 2.24. The molecule has 0 bridgehead atoms. The van der Waals surface area contributed by atoms with Gasteiger partial charge in [0.15, 0.2) is 11.5 Å². The van der Waals surface area contributed by atoms with Crippen LogP contribution in [0.4, 0.5) is 0 Å². The van der Waals surface area contributed by atoms with E-state index in [4.69, 9.17) is 27.3 Å². The molecule has 4 heteroatoms. The van der Waals surface area contributed by atoms with Crippen molar-refractivity contribution in [1.29, 1.82) is 0 Å². The Kier molecular flexibility index (Phi) is 1.91. The monoisotopic (exact) mass is 330 g/mol. The first-order valence-corrected chi connectivity index (χ1v) is 7.18. The van der Waals surface area contributed by atoms with Crippen LogP contribution in [-0.4, -0.2) is 38.0 Å². The van der Waals surface area contributed by atoms with Crippen LogP contribution in [0.25, 0.3) is 0 Å². The molecular weight excluding hydrogens is 290 g/mol. The molecule has 23 heavy (non-hydrogen) atoms. The Bertz CT molecular complexity index is 1050. The van der Waals surface area contributed by atoms with E-state index in [2.05, 4.69) is 0 Å². The summed E-state index contributed by atoms with van der Waals surface area (Å²) in [5.74, 6) is -8.69. The van der Waals surface area contributed by atoms with E-state index in [1.165, 1.54) is 19.1 Å². The Morgan fingerprint density at radius 2 is 2.35 bits per heavy atom. The average Bonchev–Trinajstić information content (AvgIpc) is 2.74. The summed E-state index contributed by atoms with van der Waals surface area (Å²) >= 11 is 0. The fourth-order valence-corrected chi connectivity index (χ4v) is 2.96. The molecule has 1 aromatic carbocycles. The SMILES string of the molecule is [2H]c1c(OC)c(OC)cc2c1C1N(CC2)CC([2H])(C([2H])([2H])C([2H])(C([2H])([2H])[2H])C([2H])([2H])[2H])C(=O)C1([2H])[2H]. The van der Waals surface area contributed by atoms with Crippen LogP contribution >= 0.6 is 0 Å². The second-order valence-electron chi connectivity index (χ2n) is 5.38. The van der Waals surface area contributed by atoms with Gasteiger partial charge in [0, 0.05) is 47.8 Å². The van der Waals surface area contributed by atoms with E-state index in [1.54, 1.807) is 6.07 Å². The summed E-state index contributed by atoms with van der Waals surface area (Å²) in [4.78, 5) is 14.8. The number of hydrogen-bond donors (Lipinski definition) is 0. The third kappa shape index (κ3) is 3.09. The van der Waals surface area contributed by atoms with Gasteiger partial charge in [-0.05, 0) is 41.9 Å². The third-order valence-electron chi connectivity index (χ3n) is 4.03. The zero-order valence-electron chi connectivity index (χ0n) is 25.9. The lowest BCUT2D eigenvalue weighted by Gasteiger charge is -2.43. The van der Waals surface area contributed by atoms with Crippen LogP contribution in [0.2, 0.25) is 0 Å². The van der Waals surface area contributed by atoms with Crippen LogP contribution in [0.3, 0.4) is 0 Å². The van der Waals surface area contributed by atoms with Crippen molar-refractivity contribution in [2.75, 3.05) is 27.3 Å². The van der Waals surface area contributed by atoms with Crippen molar-refractivity contribution < 1.29 is 32.1 Å². The zero-order chi connectivity index (χ0) is 27.9. The Labute approximate surface area is 157 Å². The van der Waals surface area contributed by atoms with Gasteiger partial charge in [0.05, 0.1) is 15.6 Å². The summed E-state index contributed by atoms with van der Waals surface area (Å²) in [6.07, 6.45) is -6.71. The lowest BCUT2D eigenvalue weighted by atomic mass is 9.80. The molecule has 2 unspecified atom stereocenters. The fraction of sp³-hybridized carbons (Fsp3) is 0.632. The number of Topliss-reactive ketones (excluding diaryl/α,β-unsaturated/α-hetero) is 1. The molecule has 2 atom stereocenters. The maximum absolute atomic E-state index is 13.6. The van der Waals surface area contributed by atoms with E-state index in [0.29, 0.717) is 5.56 Å². The fourth-order valence-electron chi connectivity index (χ4n) is 2.96. The van der Waals surface area contributed by atoms with Gasteiger partial charge in [-0.25, -0.2) is 0 Å². The van der Waals surface area contributed by atoms with Crippen LogP contribution in [-0.2, 0) is 11.2 Å². The first kappa shape index (κ1) is 6.75. The van der Waals surface area contributed by atoms with Gasteiger partial charge in [-0.2, -0.15) is 0 Å². The van der Waals surface area contributed by atoms with E-state index in [0.717, 1.165) is 0 Å². The molecule has 3 rings (SSSR count). The summed E-state index contributed by atoms with van der Waals surface area (Å²) in [6.45, 7) is -8.47. The zero-order valence-corrected chi connectivity index (χ0v) is 12.9. The minimum atomic E-state index is -3.92. The van der Waals surface area contributed by atoms with Crippen molar-refractivity contribution in [3.8, 4) is 11.5 Å². The number of benzene rings is 1. The number of piperidine rings is 1. The Morgan fingerprint density at radius 1 is 1.57 bits per heavy atom. The van der Waals surface area contributed by atoms with E-state index in [1.807, 2.05) is 0 Å². The normalized spacial score (nSPS) is 40.2. The number of rotatable bonds is 4. The molecule has 2 aliphatic rings. The van der Waals surface area contributed by atoms with Crippen molar-refractivity contribution >= 4 is 5.78 Å². The first-order chi connectivity index (χ1) is 16.1. The smallest absolute Gasteiger partial charge is 0.161 e. The predicted molar refractivity (Wildman–Crippen MR) is 90.1 cm³/mol. The van der Waals surface area contributed by atoms with Gasteiger partial charge in [-0.15, -0.1) is 0 Å². The molecule has 2 aliphatic heterocycles. The molecule has 0 aliphatic carbocycles. The lowest BCUT2D eigenvalue weighted by Crippen LogP contribution is -2.46. The number of carbonyl (C=O) groups is 1. The summed E-state index contributed by atoms with van der Waals surface area (Å²) < 4.78 is 116. The molecule has 1 saturated heterocycles. The average molecular weight is 331 g/mol. The minimum absolute atomic E-state index is 0.0113. The second-order valence-corrected chi connectivity index (χ2v) is 5.38. The van der Waals surface area contributed by atoms with Crippen molar-refractivity contribution in [2.24, 2.45) is 11.8 Å². The number of nitrogens with zero attached hydrogens (tertiary/aromatic N) is 1. The van der Waals surface area contributed by atoms with Gasteiger partial charge in [-0.1, -0.05) is 13.7 Å². The molecule has 0 saturated carbocycles. The van der Waals surface area contributed by atoms with Gasteiger partial charge in [0.25, 0.3) is 0 Å². The molecule has 0 radical (unpaired) electrons. The van der Waals surface area contributed by atoms with Crippen LogP contribution < -0.4 is 9.47 Å². The molecular formula is C19H27NO3. The van der Waals surface area contributed by atoms with Crippen molar-refractivity contribution in [2.45, 2.75) is 38.9 Å². The van der Waals surface area contributed by atoms with Gasteiger partial charge in [0.1, 0.15) is 5.78 Å². The highest BCUT2D eigenvalue weighted by Crippen LogP contribution is 2.42. The lowest BCUT2D eigenvalue weighted by molar-refractivity contribution is -0.129. The maximum atomic E-state index is 13.6. The number of methoxy groups -OCH3 is 2. The van der Waals surface area contributed by atoms with Crippen molar-refractivity contribution in [1.82, 2.24) is 4.90 Å². The van der Waals surface area contributed by atoms with Gasteiger partial charge >= 0.3 is 0 Å². The largest absolute Gasteiger partial charge is 0.493 e. The molecule has 0 aromatic heterocycles. The standard InChI is InChI=1S/C19H27NO3/c1-12(2)7-14-11-20-6-5-13-8-18(22-3)19(23-4)9-15(13)16(20)10-17(14)21/h8-9,12,14,16H,5-7,10-11H2,1-4H3/i1D3,2D3,7D2,9D,10D2,12D,14D. The number of ether oxygens (including phenoxy) is 2. The van der Waals surface area contributed by atoms with Gasteiger partial charge < -0.3 is 9.47 Å². The summed E-state index contributed by atoms with van der Waals surface area (Å²) in [5.41, 5.74) is 0.555. The predicted octanol–water partition coefficient (Wildman–Crippen LogP) is 3.24. The van der Waals surface area contributed by atoms with E-state index in [9.17, 15) is 4.79 Å². The van der Waals surface area contributed by atoms with Crippen LogP contribution in [0.5, 0.6) is 11.5 Å². The number of fused-ring (bicyclic) bond motifs is 3. The van der Waals surface area contributed by atoms with Gasteiger partial charge in [-0.3, -0.25) is 9.69 Å². The summed E-state index contributed by atoms with van der Waals surface area (Å²) in [7, 11) is 2.64. The van der Waals surface area contributed by atoms with E-state index < -0.39 is 56.6 Å². The number of hydrogen-bond acceptors (Lipinski definition) is 4. The van der Waals surface area contributed by atoms with Crippen LogP contribution in [0.1, 0.15) is 61.4 Å². The molecule has 1 fully saturated rings. The highest BCUT2D eigenvalue weighted by molar-refractivity contribution is 5.83. The molecule has 2 heterocycles. The quantitative estimate of drug-likeness (QED) is 0.849. The van der Waals surface area contributed by atoms with Gasteiger partial charge in [0.2, 0.25) is 0 Å². The third-order valence-corrected chi connectivity index (χ3v) is 4.03. The topological polar surface area (TPSA) is 38.8 Å². The second kappa shape index (κ2) is 6.52. The summed E-state index contributed by atoms with van der Waals surface area (Å²) in [5, 5.41) is 0. The van der Waals surface area contributed by atoms with Crippen molar-refractivity contribution in [3.63, 3.8) is 0 Å². The highest BCUT2D eigenvalue weighted by atomic mass is 16.5. The number of ketones is 1. The van der Waals surface area contributed by atoms with E-state index in [-0.39, 0.29) is 36.1 Å². The molecule has 0 N–H and O–H groups in total. The molecule has 126 valence electrons. The molecule has 0 spiro atoms. The van der Waals surface area contributed by atoms with Crippen LogP contribution in [0, 0.1) is 11.8 Å². The maximum Gasteiger partial charge on any atom is 0.161 e. The Hall–Kier alpha value is -1.55. The van der Waals surface area contributed by atoms with E-state index >= 15 is 0 Å². The summed E-state index contributed by atoms with van der Waals surface area (Å²) in [6, 6.07) is -0.182. The molecule has 0 amide bonds. The van der Waals surface area contributed by atoms with Crippen LogP contribution in [0.15, 0.2) is 12.1 Å². The van der Waals surface area contributed by atoms with Crippen molar-refractivity contribution in [3.05, 3.63) is 23.2 Å². The highest BCUT2D eigenvalue weighted by Gasteiger charge is 2.38. The molecule has 4 nitrogen and oxygen atoms in total. The molecule has 1 aromatic rings. The minimum Gasteiger partial charge on any atom is -0.493 e. The number of carbonyl (C=O) groups excluding carboxylic acids is 1. The first-order valence-electron chi connectivity index (χ1n) is 13.7. The Morgan fingerprint density at radius 3 is 3.04 bits per heavy atom.